The highest BCUT2D eigenvalue weighted by atomic mass is 35.5. The van der Waals surface area contributed by atoms with E-state index >= 15 is 0 Å². The van der Waals surface area contributed by atoms with Crippen molar-refractivity contribution in [1.82, 2.24) is 15.2 Å². The highest BCUT2D eigenvalue weighted by Crippen LogP contribution is 2.48. The van der Waals surface area contributed by atoms with Crippen molar-refractivity contribution < 1.29 is 4.74 Å². The summed E-state index contributed by atoms with van der Waals surface area (Å²) >= 11 is 6.24. The van der Waals surface area contributed by atoms with Crippen molar-refractivity contribution in [3.05, 3.63) is 76.4 Å². The van der Waals surface area contributed by atoms with Crippen LogP contribution in [0.3, 0.4) is 0 Å². The van der Waals surface area contributed by atoms with Crippen LogP contribution in [0.1, 0.15) is 56.4 Å². The Hall–Kier alpha value is -3.11. The fourth-order valence-corrected chi connectivity index (χ4v) is 7.71. The highest BCUT2D eigenvalue weighted by Gasteiger charge is 2.48. The molecule has 214 valence electrons. The molecule has 6 rings (SSSR count). The molecule has 0 amide bonds. The minimum Gasteiger partial charge on any atom is -0.493 e. The summed E-state index contributed by atoms with van der Waals surface area (Å²) in [6.45, 7) is 10.9. The van der Waals surface area contributed by atoms with Crippen LogP contribution in [0.25, 0.3) is 11.3 Å². The van der Waals surface area contributed by atoms with Gasteiger partial charge >= 0.3 is 0 Å². The topological polar surface area (TPSA) is 64.4 Å². The SMILES string of the molecule is CCOc1ccccc1-c1ccc2c(n1)CN(C[C@H]1CCCN1)CC21CCN(c2ccc(Cl)cc2C#N)CC1CC. The van der Waals surface area contributed by atoms with E-state index < -0.39 is 0 Å². The second-order valence-corrected chi connectivity index (χ2v) is 12.2. The number of hydrogen-bond donors (Lipinski definition) is 1. The lowest BCUT2D eigenvalue weighted by Crippen LogP contribution is -2.58. The van der Waals surface area contributed by atoms with Crippen molar-refractivity contribution in [2.45, 2.75) is 57.5 Å². The van der Waals surface area contributed by atoms with Gasteiger partial charge in [-0.15, -0.1) is 0 Å². The highest BCUT2D eigenvalue weighted by molar-refractivity contribution is 6.30. The summed E-state index contributed by atoms with van der Waals surface area (Å²) in [5.41, 5.74) is 6.31. The van der Waals surface area contributed by atoms with Gasteiger partial charge in [0.05, 0.1) is 29.2 Å². The Bertz CT molecular complexity index is 1430. The molecular formula is C34H40ClN5O. The number of aromatic nitrogens is 1. The van der Waals surface area contributed by atoms with Gasteiger partial charge in [0, 0.05) is 54.8 Å². The quantitative estimate of drug-likeness (QED) is 0.354. The maximum absolute atomic E-state index is 9.85. The number of nitrogens with zero attached hydrogens (tertiary/aromatic N) is 4. The monoisotopic (exact) mass is 569 g/mol. The molecule has 2 unspecified atom stereocenters. The first kappa shape index (κ1) is 28.0. The predicted molar refractivity (Wildman–Crippen MR) is 166 cm³/mol. The number of halogens is 1. The maximum atomic E-state index is 9.85. The van der Waals surface area contributed by atoms with Crippen LogP contribution in [-0.4, -0.2) is 55.3 Å². The smallest absolute Gasteiger partial charge is 0.128 e. The third-order valence-corrected chi connectivity index (χ3v) is 9.69. The van der Waals surface area contributed by atoms with Gasteiger partial charge in [-0.1, -0.05) is 43.1 Å². The number of fused-ring (bicyclic) bond motifs is 2. The third-order valence-electron chi connectivity index (χ3n) is 9.46. The van der Waals surface area contributed by atoms with E-state index in [1.54, 1.807) is 6.07 Å². The van der Waals surface area contributed by atoms with E-state index in [1.165, 1.54) is 24.1 Å². The zero-order chi connectivity index (χ0) is 28.4. The van der Waals surface area contributed by atoms with Crippen LogP contribution in [0.15, 0.2) is 54.6 Å². The van der Waals surface area contributed by atoms with Crippen LogP contribution in [0.5, 0.6) is 5.75 Å². The molecule has 4 heterocycles. The van der Waals surface area contributed by atoms with E-state index in [4.69, 9.17) is 21.3 Å². The summed E-state index contributed by atoms with van der Waals surface area (Å²) in [5.74, 6) is 1.32. The molecule has 0 aliphatic carbocycles. The largest absolute Gasteiger partial charge is 0.493 e. The molecule has 2 saturated heterocycles. The van der Waals surface area contributed by atoms with E-state index in [2.05, 4.69) is 52.4 Å². The Balaban J connectivity index is 1.38. The van der Waals surface area contributed by atoms with Gasteiger partial charge in [-0.2, -0.15) is 5.26 Å². The Kier molecular flexibility index (Phi) is 8.21. The van der Waals surface area contributed by atoms with Crippen molar-refractivity contribution in [3.63, 3.8) is 0 Å². The number of nitrogens with one attached hydrogen (secondary N) is 1. The Labute approximate surface area is 249 Å². The van der Waals surface area contributed by atoms with E-state index in [0.29, 0.717) is 29.2 Å². The van der Waals surface area contributed by atoms with Crippen LogP contribution >= 0.6 is 11.6 Å². The number of para-hydroxylation sites is 1. The first-order valence-electron chi connectivity index (χ1n) is 15.2. The molecule has 7 heteroatoms. The molecule has 41 heavy (non-hydrogen) atoms. The molecule has 0 radical (unpaired) electrons. The van der Waals surface area contributed by atoms with E-state index in [1.807, 2.05) is 31.2 Å². The minimum absolute atomic E-state index is 0.0155. The number of ether oxygens (including phenoxy) is 1. The molecule has 1 N–H and O–H groups in total. The third kappa shape index (κ3) is 5.44. The summed E-state index contributed by atoms with van der Waals surface area (Å²) in [5, 5.41) is 14.2. The molecule has 2 aromatic carbocycles. The van der Waals surface area contributed by atoms with Gasteiger partial charge in [0.1, 0.15) is 11.8 Å². The fourth-order valence-electron chi connectivity index (χ4n) is 7.54. The zero-order valence-corrected chi connectivity index (χ0v) is 25.0. The molecule has 2 fully saturated rings. The second kappa shape index (κ2) is 12.0. The lowest BCUT2D eigenvalue weighted by Gasteiger charge is -2.53. The van der Waals surface area contributed by atoms with Crippen LogP contribution in [0.4, 0.5) is 5.69 Å². The van der Waals surface area contributed by atoms with Crippen molar-refractivity contribution in [3.8, 4) is 23.1 Å². The molecule has 1 aromatic heterocycles. The van der Waals surface area contributed by atoms with E-state index in [-0.39, 0.29) is 5.41 Å². The van der Waals surface area contributed by atoms with Gasteiger partial charge in [0.15, 0.2) is 0 Å². The molecule has 0 bridgehead atoms. The van der Waals surface area contributed by atoms with Crippen LogP contribution in [0, 0.1) is 17.2 Å². The molecular weight excluding hydrogens is 530 g/mol. The summed E-state index contributed by atoms with van der Waals surface area (Å²) < 4.78 is 5.97. The van der Waals surface area contributed by atoms with Gasteiger partial charge in [-0.3, -0.25) is 9.88 Å². The predicted octanol–water partition coefficient (Wildman–Crippen LogP) is 6.41. The molecule has 0 saturated carbocycles. The first-order chi connectivity index (χ1) is 20.0. The van der Waals surface area contributed by atoms with Crippen molar-refractivity contribution >= 4 is 17.3 Å². The number of piperidine rings is 1. The summed E-state index contributed by atoms with van der Waals surface area (Å²) in [6.07, 6.45) is 4.59. The number of pyridine rings is 1. The Morgan fingerprint density at radius 1 is 1.17 bits per heavy atom. The number of hydrogen-bond acceptors (Lipinski definition) is 6. The van der Waals surface area contributed by atoms with E-state index in [0.717, 1.165) is 74.8 Å². The maximum Gasteiger partial charge on any atom is 0.128 e. The summed E-state index contributed by atoms with van der Waals surface area (Å²) in [4.78, 5) is 10.4. The number of benzene rings is 2. The van der Waals surface area contributed by atoms with Gasteiger partial charge in [-0.25, -0.2) is 0 Å². The molecule has 3 aromatic rings. The number of nitriles is 1. The van der Waals surface area contributed by atoms with E-state index in [9.17, 15) is 5.26 Å². The lowest BCUT2D eigenvalue weighted by atomic mass is 9.62. The molecule has 3 aliphatic heterocycles. The van der Waals surface area contributed by atoms with Crippen LogP contribution in [0.2, 0.25) is 5.02 Å². The fraction of sp³-hybridized carbons (Fsp3) is 0.471. The molecule has 1 spiro atoms. The molecule has 3 atom stereocenters. The second-order valence-electron chi connectivity index (χ2n) is 11.8. The van der Waals surface area contributed by atoms with Gasteiger partial charge in [0.25, 0.3) is 0 Å². The lowest BCUT2D eigenvalue weighted by molar-refractivity contribution is 0.0968. The van der Waals surface area contributed by atoms with Gasteiger partial charge < -0.3 is 15.0 Å². The van der Waals surface area contributed by atoms with Crippen molar-refractivity contribution in [2.75, 3.05) is 44.2 Å². The zero-order valence-electron chi connectivity index (χ0n) is 24.2. The Morgan fingerprint density at radius 2 is 2.05 bits per heavy atom. The average Bonchev–Trinajstić information content (AvgIpc) is 3.50. The Morgan fingerprint density at radius 3 is 2.83 bits per heavy atom. The normalized spacial score (nSPS) is 24.3. The molecule has 6 nitrogen and oxygen atoms in total. The summed E-state index contributed by atoms with van der Waals surface area (Å²) in [7, 11) is 0. The van der Waals surface area contributed by atoms with Crippen LogP contribution < -0.4 is 15.0 Å². The van der Waals surface area contributed by atoms with Crippen molar-refractivity contribution in [1.29, 1.82) is 5.26 Å². The minimum atomic E-state index is 0.0155. The van der Waals surface area contributed by atoms with Gasteiger partial charge in [0.2, 0.25) is 0 Å². The average molecular weight is 570 g/mol. The molecule has 3 aliphatic rings. The van der Waals surface area contributed by atoms with Crippen LogP contribution in [-0.2, 0) is 12.0 Å². The number of anilines is 1. The standard InChI is InChI=1S/C34H40ClN5O/c1-3-25-20-40(32-14-11-26(35)18-24(32)19-36)17-15-34(25)23-39(21-27-8-7-16-37-27)22-31-29(34)12-13-30(38-31)28-9-5-6-10-33(28)41-4-2/h5-6,9-14,18,25,27,37H,3-4,7-8,15-17,20-23H2,1-2H3/t25?,27-,34?/m1/s1. The number of rotatable bonds is 7. The first-order valence-corrected chi connectivity index (χ1v) is 15.6. The van der Waals surface area contributed by atoms with Crippen molar-refractivity contribution in [2.24, 2.45) is 5.92 Å². The van der Waals surface area contributed by atoms with Gasteiger partial charge in [-0.05, 0) is 80.6 Å². The summed E-state index contributed by atoms with van der Waals surface area (Å²) in [6, 6.07) is 21.4.